The quantitative estimate of drug-likeness (QED) is 0.337. The topological polar surface area (TPSA) is 140 Å². The Labute approximate surface area is 199 Å². The SMILES string of the molecule is COc1cc2c(cc1Nc1nc(Nc3cccc(F)c3C(N)=O)c3cc[nH]c3[nH+]1)N(C(C)=O)CC2. The van der Waals surface area contributed by atoms with E-state index in [1.165, 1.54) is 19.1 Å². The maximum Gasteiger partial charge on any atom is 0.351 e. The van der Waals surface area contributed by atoms with Crippen molar-refractivity contribution < 1.29 is 23.7 Å². The number of aromatic amines is 2. The molecule has 2 aromatic carbocycles. The van der Waals surface area contributed by atoms with Crippen molar-refractivity contribution in [1.82, 2.24) is 9.97 Å². The number of anilines is 5. The van der Waals surface area contributed by atoms with E-state index in [9.17, 15) is 14.0 Å². The van der Waals surface area contributed by atoms with Gasteiger partial charge in [-0.05, 0) is 36.2 Å². The molecule has 2 aromatic heterocycles. The number of fused-ring (bicyclic) bond motifs is 2. The Morgan fingerprint density at radius 2 is 2.06 bits per heavy atom. The second-order valence-electron chi connectivity index (χ2n) is 8.08. The Morgan fingerprint density at radius 3 is 2.80 bits per heavy atom. The fourth-order valence-corrected chi connectivity index (χ4v) is 4.29. The van der Waals surface area contributed by atoms with Crippen molar-refractivity contribution in [3.8, 4) is 5.75 Å². The fraction of sp³-hybridized carbons (Fsp3) is 0.167. The summed E-state index contributed by atoms with van der Waals surface area (Å²) in [5.41, 5.74) is 8.39. The maximum atomic E-state index is 14.3. The molecule has 0 aliphatic carbocycles. The summed E-state index contributed by atoms with van der Waals surface area (Å²) >= 11 is 0. The van der Waals surface area contributed by atoms with Gasteiger partial charge in [0.05, 0.1) is 29.4 Å². The minimum Gasteiger partial charge on any atom is -0.493 e. The summed E-state index contributed by atoms with van der Waals surface area (Å²) in [6, 6.07) is 9.73. The number of amides is 2. The zero-order valence-electron chi connectivity index (χ0n) is 19.0. The first-order valence-electron chi connectivity index (χ1n) is 10.9. The molecule has 11 heteroatoms. The summed E-state index contributed by atoms with van der Waals surface area (Å²) in [5, 5.41) is 6.92. The number of nitrogens with two attached hydrogens (primary N) is 1. The van der Waals surface area contributed by atoms with E-state index in [4.69, 9.17) is 10.5 Å². The monoisotopic (exact) mass is 476 g/mol. The molecular weight excluding hydrogens is 453 g/mol. The van der Waals surface area contributed by atoms with Gasteiger partial charge in [0.1, 0.15) is 11.5 Å². The number of H-pyrrole nitrogens is 2. The van der Waals surface area contributed by atoms with Gasteiger partial charge in [0.2, 0.25) is 17.4 Å². The van der Waals surface area contributed by atoms with E-state index >= 15 is 0 Å². The molecule has 6 N–H and O–H groups in total. The number of nitrogens with one attached hydrogen (secondary N) is 4. The van der Waals surface area contributed by atoms with E-state index in [0.29, 0.717) is 40.8 Å². The summed E-state index contributed by atoms with van der Waals surface area (Å²) in [7, 11) is 1.57. The average molecular weight is 476 g/mol. The van der Waals surface area contributed by atoms with Crippen molar-refractivity contribution >= 4 is 51.7 Å². The van der Waals surface area contributed by atoms with Crippen molar-refractivity contribution in [3.05, 3.63) is 59.5 Å². The smallest absolute Gasteiger partial charge is 0.351 e. The highest BCUT2D eigenvalue weighted by molar-refractivity contribution is 6.00. The predicted molar refractivity (Wildman–Crippen MR) is 129 cm³/mol. The summed E-state index contributed by atoms with van der Waals surface area (Å²) < 4.78 is 19.8. The highest BCUT2D eigenvalue weighted by atomic mass is 19.1. The van der Waals surface area contributed by atoms with Gasteiger partial charge in [0, 0.05) is 25.7 Å². The average Bonchev–Trinajstić information content (AvgIpc) is 3.45. The van der Waals surface area contributed by atoms with Crippen molar-refractivity contribution in [1.29, 1.82) is 0 Å². The first kappa shape index (κ1) is 22.1. The second kappa shape index (κ2) is 8.60. The summed E-state index contributed by atoms with van der Waals surface area (Å²) in [5.74, 6) is -0.372. The van der Waals surface area contributed by atoms with Crippen molar-refractivity contribution in [2.75, 3.05) is 29.2 Å². The van der Waals surface area contributed by atoms with Gasteiger partial charge in [-0.25, -0.2) is 9.37 Å². The number of hydrogen-bond donors (Lipinski definition) is 4. The van der Waals surface area contributed by atoms with Crippen LogP contribution < -0.4 is 31.0 Å². The molecule has 0 unspecified atom stereocenters. The van der Waals surface area contributed by atoms with Gasteiger partial charge in [-0.3, -0.25) is 19.9 Å². The van der Waals surface area contributed by atoms with Crippen LogP contribution in [0, 0.1) is 5.82 Å². The molecule has 2 amide bonds. The van der Waals surface area contributed by atoms with E-state index < -0.39 is 11.7 Å². The van der Waals surface area contributed by atoms with Crippen LogP contribution in [0.3, 0.4) is 0 Å². The minimum atomic E-state index is -0.894. The molecule has 0 fully saturated rings. The summed E-state index contributed by atoms with van der Waals surface area (Å²) in [6.45, 7) is 2.14. The number of methoxy groups -OCH3 is 1. The third-order valence-electron chi connectivity index (χ3n) is 5.91. The Morgan fingerprint density at radius 1 is 1.23 bits per heavy atom. The lowest BCUT2D eigenvalue weighted by atomic mass is 10.1. The Bertz CT molecular complexity index is 1480. The second-order valence-corrected chi connectivity index (χ2v) is 8.08. The normalized spacial score (nSPS) is 12.5. The van der Waals surface area contributed by atoms with Gasteiger partial charge in [-0.2, -0.15) is 0 Å². The van der Waals surface area contributed by atoms with Crippen LogP contribution in [0.4, 0.5) is 33.2 Å². The maximum absolute atomic E-state index is 14.3. The van der Waals surface area contributed by atoms with Gasteiger partial charge >= 0.3 is 5.95 Å². The van der Waals surface area contributed by atoms with Gasteiger partial charge < -0.3 is 20.7 Å². The number of halogens is 1. The molecular formula is C24H23FN7O3+. The number of primary amides is 1. The van der Waals surface area contributed by atoms with Crippen LogP contribution in [0.1, 0.15) is 22.8 Å². The molecule has 0 saturated heterocycles. The van der Waals surface area contributed by atoms with Gasteiger partial charge in [0.25, 0.3) is 5.91 Å². The summed E-state index contributed by atoms with van der Waals surface area (Å²) in [4.78, 5) is 36.5. The third kappa shape index (κ3) is 3.97. The molecule has 1 aliphatic rings. The first-order chi connectivity index (χ1) is 16.9. The molecule has 0 radical (unpaired) electrons. The molecule has 1 aliphatic heterocycles. The van der Waals surface area contributed by atoms with Crippen LogP contribution in [0.15, 0.2) is 42.6 Å². The van der Waals surface area contributed by atoms with E-state index in [1.807, 2.05) is 12.1 Å². The van der Waals surface area contributed by atoms with E-state index in [-0.39, 0.29) is 17.2 Å². The molecule has 178 valence electrons. The van der Waals surface area contributed by atoms with Crippen molar-refractivity contribution in [2.24, 2.45) is 5.73 Å². The molecule has 5 rings (SSSR count). The molecule has 3 heterocycles. The van der Waals surface area contributed by atoms with Crippen LogP contribution in [0.25, 0.3) is 11.0 Å². The minimum absolute atomic E-state index is 0.0378. The fourth-order valence-electron chi connectivity index (χ4n) is 4.29. The van der Waals surface area contributed by atoms with Crippen molar-refractivity contribution in [2.45, 2.75) is 13.3 Å². The number of rotatable bonds is 6. The van der Waals surface area contributed by atoms with Crippen LogP contribution in [0.2, 0.25) is 0 Å². The summed E-state index contributed by atoms with van der Waals surface area (Å²) in [6.07, 6.45) is 2.47. The number of ether oxygens (including phenoxy) is 1. The highest BCUT2D eigenvalue weighted by Crippen LogP contribution is 2.38. The van der Waals surface area contributed by atoms with Crippen molar-refractivity contribution in [3.63, 3.8) is 0 Å². The lowest BCUT2D eigenvalue weighted by Crippen LogP contribution is -2.25. The van der Waals surface area contributed by atoms with E-state index in [1.54, 1.807) is 30.3 Å². The zero-order valence-corrected chi connectivity index (χ0v) is 19.0. The van der Waals surface area contributed by atoms with E-state index in [0.717, 1.165) is 17.7 Å². The lowest BCUT2D eigenvalue weighted by Gasteiger charge is -2.16. The van der Waals surface area contributed by atoms with Crippen LogP contribution in [-0.2, 0) is 11.2 Å². The molecule has 4 aromatic rings. The predicted octanol–water partition coefficient (Wildman–Crippen LogP) is 3.02. The molecule has 0 bridgehead atoms. The Kier molecular flexibility index (Phi) is 5.44. The molecule has 35 heavy (non-hydrogen) atoms. The number of hydrogen-bond acceptors (Lipinski definition) is 6. The van der Waals surface area contributed by atoms with Crippen LogP contribution >= 0.6 is 0 Å². The molecule has 0 saturated carbocycles. The first-order valence-corrected chi connectivity index (χ1v) is 10.9. The number of carbonyl (C=O) groups is 2. The Balaban J connectivity index is 1.56. The largest absolute Gasteiger partial charge is 0.493 e. The third-order valence-corrected chi connectivity index (χ3v) is 5.91. The van der Waals surface area contributed by atoms with Gasteiger partial charge in [0.15, 0.2) is 5.75 Å². The van der Waals surface area contributed by atoms with Crippen LogP contribution in [-0.4, -0.2) is 35.4 Å². The molecule has 0 spiro atoms. The number of aromatic nitrogens is 3. The number of carbonyl (C=O) groups excluding carboxylic acids is 2. The molecule has 10 nitrogen and oxygen atoms in total. The standard InChI is InChI=1S/C24H22FN7O3/c1-12(33)32-9-7-13-10-19(35-2)17(11-18(13)32)29-24-30-22-14(6-8-27-22)23(31-24)28-16-5-3-4-15(25)20(16)21(26)34/h3-6,8,10-11H,7,9H2,1-2H3,(H2,26,34)(H3,27,28,29,30,31)/p+1. The van der Waals surface area contributed by atoms with E-state index in [2.05, 4.69) is 25.6 Å². The Hall–Kier alpha value is -4.67. The molecule has 0 atom stereocenters. The lowest BCUT2D eigenvalue weighted by molar-refractivity contribution is -0.333. The van der Waals surface area contributed by atoms with Gasteiger partial charge in [-0.1, -0.05) is 11.1 Å². The number of nitrogens with zero attached hydrogens (tertiary/aromatic N) is 2. The van der Waals surface area contributed by atoms with Gasteiger partial charge in [-0.15, -0.1) is 0 Å². The zero-order chi connectivity index (χ0) is 24.7. The van der Waals surface area contributed by atoms with Crippen LogP contribution in [0.5, 0.6) is 5.75 Å². The number of benzene rings is 2. The highest BCUT2D eigenvalue weighted by Gasteiger charge is 2.26.